The average molecular weight is 591 g/mol. The summed E-state index contributed by atoms with van der Waals surface area (Å²) in [4.78, 5) is 0. The molecular formula is C44H38O. The van der Waals surface area contributed by atoms with E-state index in [1.165, 1.54) is 0 Å². The van der Waals surface area contributed by atoms with Crippen molar-refractivity contribution in [2.75, 3.05) is 0 Å². The lowest BCUT2D eigenvalue weighted by molar-refractivity contribution is 0.569. The van der Waals surface area contributed by atoms with Crippen molar-refractivity contribution in [3.63, 3.8) is 0 Å². The molecule has 0 N–H and O–H groups in total. The highest BCUT2D eigenvalue weighted by molar-refractivity contribution is 6.22. The van der Waals surface area contributed by atoms with E-state index in [2.05, 4.69) is 53.7 Å². The third-order valence-electron chi connectivity index (χ3n) is 8.95. The van der Waals surface area contributed by atoms with E-state index in [9.17, 15) is 5.48 Å². The molecule has 0 unspecified atom stereocenters. The Labute approximate surface area is 276 Å². The second-order valence-electron chi connectivity index (χ2n) is 14.1. The minimum absolute atomic E-state index is 0.194. The molecule has 0 aliphatic carbocycles. The van der Waals surface area contributed by atoms with Crippen molar-refractivity contribution in [2.24, 2.45) is 0 Å². The Morgan fingerprint density at radius 3 is 1.49 bits per heavy atom. The van der Waals surface area contributed by atoms with Gasteiger partial charge in [0.15, 0.2) is 0 Å². The summed E-state index contributed by atoms with van der Waals surface area (Å²) in [5, 5.41) is 4.51. The molecule has 0 aliphatic rings. The Balaban J connectivity index is 1.62. The maximum absolute atomic E-state index is 9.42. The summed E-state index contributed by atoms with van der Waals surface area (Å²) in [7, 11) is 0. The summed E-state index contributed by atoms with van der Waals surface area (Å²) in [6.07, 6.45) is 0. The summed E-state index contributed by atoms with van der Waals surface area (Å²) in [5.41, 5.74) is 4.57. The molecule has 1 heterocycles. The van der Waals surface area contributed by atoms with Crippen LogP contribution >= 0.6 is 0 Å². The van der Waals surface area contributed by atoms with Crippen molar-refractivity contribution in [1.29, 1.82) is 0 Å². The Hall–Kier alpha value is -4.88. The van der Waals surface area contributed by atoms with Crippen molar-refractivity contribution in [2.45, 2.75) is 52.4 Å². The van der Waals surface area contributed by atoms with Gasteiger partial charge in [0.05, 0.1) is 11.0 Å². The van der Waals surface area contributed by atoms with E-state index in [0.717, 1.165) is 32.7 Å². The van der Waals surface area contributed by atoms with Gasteiger partial charge in [0.2, 0.25) is 0 Å². The zero-order chi connectivity index (χ0) is 38.0. The van der Waals surface area contributed by atoms with Crippen LogP contribution in [0.2, 0.25) is 0 Å². The SMILES string of the molecule is [2H]c1c([2H])c([2H])c2c(-c3ccc4oc5cc6ccccc6cc5c4c3)c3c([2H])c([2H])c([2H])c([2H])c3c(-c3cc(C(C)(C)C)cc(C(C)(C)C)c3)c2c1[2H]. The molecule has 1 aromatic heterocycles. The van der Waals surface area contributed by atoms with E-state index in [0.29, 0.717) is 33.4 Å². The number of hydrogen-bond acceptors (Lipinski definition) is 1. The lowest BCUT2D eigenvalue weighted by Crippen LogP contribution is -2.16. The van der Waals surface area contributed by atoms with Crippen LogP contribution in [0.1, 0.15) is 63.6 Å². The molecule has 0 amide bonds. The van der Waals surface area contributed by atoms with Gasteiger partial charge in [0, 0.05) is 10.8 Å². The molecule has 7 aromatic carbocycles. The summed E-state index contributed by atoms with van der Waals surface area (Å²) in [6, 6.07) is 21.0. The third-order valence-corrected chi connectivity index (χ3v) is 8.95. The van der Waals surface area contributed by atoms with E-state index >= 15 is 0 Å². The van der Waals surface area contributed by atoms with Crippen LogP contribution in [0.5, 0.6) is 0 Å². The summed E-state index contributed by atoms with van der Waals surface area (Å²) < 4.78 is 79.3. The standard InChI is InChI=1S/C44H38O/c1-43(2,3)31-21-30(22-32(26-31)44(4,5)6)42-35-17-11-9-15-33(35)41(34-16-10-12-18-36(34)42)29-19-20-39-37(24-29)38-23-27-13-7-8-14-28(27)25-40(38)45-39/h7-26H,1-6H3/i9D,10D,11D,12D,15D,16D,17D,18D. The first-order chi connectivity index (χ1) is 24.9. The fourth-order valence-electron chi connectivity index (χ4n) is 6.46. The van der Waals surface area contributed by atoms with Gasteiger partial charge in [-0.25, -0.2) is 0 Å². The van der Waals surface area contributed by atoms with Gasteiger partial charge in [-0.1, -0.05) is 138 Å². The zero-order valence-electron chi connectivity index (χ0n) is 34.3. The van der Waals surface area contributed by atoms with Crippen LogP contribution in [0.4, 0.5) is 0 Å². The molecule has 0 saturated heterocycles. The molecule has 1 heteroatoms. The maximum atomic E-state index is 9.42. The molecule has 0 bridgehead atoms. The molecule has 220 valence electrons. The van der Waals surface area contributed by atoms with Crippen LogP contribution in [0, 0.1) is 0 Å². The van der Waals surface area contributed by atoms with Crippen molar-refractivity contribution in [1.82, 2.24) is 0 Å². The Kier molecular flexibility index (Phi) is 4.41. The number of furan rings is 1. The maximum Gasteiger partial charge on any atom is 0.136 e. The quantitative estimate of drug-likeness (QED) is 0.183. The zero-order valence-corrected chi connectivity index (χ0v) is 26.3. The first-order valence-electron chi connectivity index (χ1n) is 19.4. The largest absolute Gasteiger partial charge is 0.456 e. The van der Waals surface area contributed by atoms with Crippen LogP contribution < -0.4 is 0 Å². The van der Waals surface area contributed by atoms with Crippen molar-refractivity contribution < 1.29 is 15.4 Å². The van der Waals surface area contributed by atoms with Crippen molar-refractivity contribution in [3.8, 4) is 22.3 Å². The average Bonchev–Trinajstić information content (AvgIpc) is 3.47. The highest BCUT2D eigenvalue weighted by atomic mass is 16.3. The molecule has 1 nitrogen and oxygen atoms in total. The second kappa shape index (κ2) is 9.81. The number of hydrogen-bond donors (Lipinski definition) is 0. The van der Waals surface area contributed by atoms with Gasteiger partial charge in [0.25, 0.3) is 0 Å². The third kappa shape index (κ3) is 4.53. The van der Waals surface area contributed by atoms with E-state index in [1.807, 2.05) is 54.6 Å². The van der Waals surface area contributed by atoms with Gasteiger partial charge >= 0.3 is 0 Å². The van der Waals surface area contributed by atoms with Crippen molar-refractivity contribution >= 4 is 54.3 Å². The van der Waals surface area contributed by atoms with Crippen LogP contribution in [0.3, 0.4) is 0 Å². The molecule has 45 heavy (non-hydrogen) atoms. The second-order valence-corrected chi connectivity index (χ2v) is 14.1. The van der Waals surface area contributed by atoms with E-state index in [1.54, 1.807) is 6.07 Å². The number of benzene rings is 7. The first-order valence-corrected chi connectivity index (χ1v) is 15.4. The van der Waals surface area contributed by atoms with Gasteiger partial charge in [-0.2, -0.15) is 0 Å². The molecule has 0 spiro atoms. The predicted molar refractivity (Wildman–Crippen MR) is 195 cm³/mol. The lowest BCUT2D eigenvalue weighted by atomic mass is 9.77. The topological polar surface area (TPSA) is 13.1 Å². The van der Waals surface area contributed by atoms with Gasteiger partial charge < -0.3 is 4.42 Å². The Morgan fingerprint density at radius 1 is 0.467 bits per heavy atom. The minimum atomic E-state index is -0.421. The fraction of sp³-hybridized carbons (Fsp3) is 0.182. The van der Waals surface area contributed by atoms with Gasteiger partial charge in [-0.15, -0.1) is 0 Å². The molecule has 0 aliphatic heterocycles. The highest BCUT2D eigenvalue weighted by Crippen LogP contribution is 2.46. The summed E-state index contributed by atoms with van der Waals surface area (Å²) in [5.74, 6) is 0. The highest BCUT2D eigenvalue weighted by Gasteiger charge is 2.23. The molecule has 0 fully saturated rings. The van der Waals surface area contributed by atoms with E-state index < -0.39 is 24.2 Å². The lowest BCUT2D eigenvalue weighted by Gasteiger charge is -2.27. The summed E-state index contributed by atoms with van der Waals surface area (Å²) in [6.45, 7) is 12.6. The molecule has 8 rings (SSSR count). The van der Waals surface area contributed by atoms with Crippen LogP contribution in [0.25, 0.3) is 76.5 Å². The monoisotopic (exact) mass is 590 g/mol. The number of fused-ring (bicyclic) bond motifs is 6. The number of rotatable bonds is 2. The fourth-order valence-corrected chi connectivity index (χ4v) is 6.46. The van der Waals surface area contributed by atoms with E-state index in [4.69, 9.17) is 9.90 Å². The Bertz CT molecular complexity index is 2780. The van der Waals surface area contributed by atoms with Gasteiger partial charge in [0.1, 0.15) is 11.2 Å². The first kappa shape index (κ1) is 20.2. The van der Waals surface area contributed by atoms with Gasteiger partial charge in [-0.05, 0) is 101 Å². The normalized spacial score (nSPS) is 15.2. The smallest absolute Gasteiger partial charge is 0.136 e. The minimum Gasteiger partial charge on any atom is -0.456 e. The van der Waals surface area contributed by atoms with E-state index in [-0.39, 0.29) is 56.5 Å². The van der Waals surface area contributed by atoms with Gasteiger partial charge in [-0.3, -0.25) is 0 Å². The molecular weight excluding hydrogens is 544 g/mol. The molecule has 0 saturated carbocycles. The van der Waals surface area contributed by atoms with Crippen LogP contribution in [-0.4, -0.2) is 0 Å². The molecule has 8 aromatic rings. The van der Waals surface area contributed by atoms with Crippen LogP contribution in [-0.2, 0) is 10.8 Å². The van der Waals surface area contributed by atoms with Crippen molar-refractivity contribution in [3.05, 3.63) is 132 Å². The molecule has 0 atom stereocenters. The van der Waals surface area contributed by atoms with Crippen LogP contribution in [0.15, 0.2) is 126 Å². The summed E-state index contributed by atoms with van der Waals surface area (Å²) >= 11 is 0. The molecule has 0 radical (unpaired) electrons. The predicted octanol–water partition coefficient (Wildman–Crippen LogP) is 13.0. The Morgan fingerprint density at radius 2 is 0.956 bits per heavy atom.